The van der Waals surface area contributed by atoms with Gasteiger partial charge < -0.3 is 14.6 Å². The number of rotatable bonds is 8. The molecule has 0 saturated carbocycles. The summed E-state index contributed by atoms with van der Waals surface area (Å²) < 4.78 is 10.9. The van der Waals surface area contributed by atoms with E-state index in [0.717, 1.165) is 10.1 Å². The second-order valence-corrected chi connectivity index (χ2v) is 5.49. The summed E-state index contributed by atoms with van der Waals surface area (Å²) in [5.74, 6) is -0.154. The molecule has 0 radical (unpaired) electrons. The minimum atomic E-state index is -0.914. The summed E-state index contributed by atoms with van der Waals surface area (Å²) in [5, 5.41) is 8.87. The fraction of sp³-hybridized carbons (Fsp3) is 0.600. The van der Waals surface area contributed by atoms with Gasteiger partial charge in [0.25, 0.3) is 0 Å². The maximum Gasteiger partial charge on any atom is 0.347 e. The van der Waals surface area contributed by atoms with Crippen LogP contribution >= 0.6 is 23.1 Å². The van der Waals surface area contributed by atoms with Crippen LogP contribution in [0.5, 0.6) is 0 Å². The molecule has 0 fully saturated rings. The standard InChI is InChI=1S/C10H15NO4S2/c1-7-8(9(12)13)17-10(11-7)16-6-5-15-4-3-14-2/h3-6H2,1-2H3,(H,12,13). The quantitative estimate of drug-likeness (QED) is 0.578. The van der Waals surface area contributed by atoms with Crippen molar-refractivity contribution in [3.05, 3.63) is 10.6 Å². The van der Waals surface area contributed by atoms with E-state index < -0.39 is 5.97 Å². The molecular weight excluding hydrogens is 262 g/mol. The molecule has 0 saturated heterocycles. The lowest BCUT2D eigenvalue weighted by molar-refractivity contribution is 0.0701. The Morgan fingerprint density at radius 3 is 2.82 bits per heavy atom. The van der Waals surface area contributed by atoms with E-state index in [1.807, 2.05) is 0 Å². The largest absolute Gasteiger partial charge is 0.477 e. The predicted octanol–water partition coefficient (Wildman–Crippen LogP) is 1.90. The summed E-state index contributed by atoms with van der Waals surface area (Å²) >= 11 is 2.72. The lowest BCUT2D eigenvalue weighted by Crippen LogP contribution is -2.04. The molecule has 1 aromatic rings. The Hall–Kier alpha value is -0.630. The van der Waals surface area contributed by atoms with Crippen LogP contribution in [-0.4, -0.2) is 48.7 Å². The summed E-state index contributed by atoms with van der Waals surface area (Å²) in [6.45, 7) is 3.48. The molecule has 0 bridgehead atoms. The highest BCUT2D eigenvalue weighted by Gasteiger charge is 2.13. The van der Waals surface area contributed by atoms with Crippen LogP contribution in [0, 0.1) is 6.92 Å². The Morgan fingerprint density at radius 1 is 1.47 bits per heavy atom. The number of carboxylic acid groups (broad SMARTS) is 1. The number of thiazole rings is 1. The van der Waals surface area contributed by atoms with Gasteiger partial charge in [-0.1, -0.05) is 11.8 Å². The predicted molar refractivity (Wildman–Crippen MR) is 67.2 cm³/mol. The molecule has 96 valence electrons. The van der Waals surface area contributed by atoms with Gasteiger partial charge in [0.15, 0.2) is 4.34 Å². The van der Waals surface area contributed by atoms with Crippen molar-refractivity contribution in [2.24, 2.45) is 0 Å². The highest BCUT2D eigenvalue weighted by Crippen LogP contribution is 2.26. The molecule has 0 aliphatic carbocycles. The second-order valence-electron chi connectivity index (χ2n) is 3.15. The van der Waals surface area contributed by atoms with Gasteiger partial charge >= 0.3 is 5.97 Å². The molecule has 0 aliphatic rings. The summed E-state index contributed by atoms with van der Waals surface area (Å²) in [6.07, 6.45) is 0. The lowest BCUT2D eigenvalue weighted by Gasteiger charge is -2.01. The summed E-state index contributed by atoms with van der Waals surface area (Å²) in [6, 6.07) is 0. The van der Waals surface area contributed by atoms with Crippen molar-refractivity contribution in [3.8, 4) is 0 Å². The summed E-state index contributed by atoms with van der Waals surface area (Å²) in [4.78, 5) is 15.3. The fourth-order valence-electron chi connectivity index (χ4n) is 1.06. The number of hydrogen-bond acceptors (Lipinski definition) is 6. The van der Waals surface area contributed by atoms with Gasteiger partial charge in [0, 0.05) is 12.9 Å². The number of aromatic carboxylic acids is 1. The van der Waals surface area contributed by atoms with E-state index in [9.17, 15) is 4.79 Å². The molecule has 7 heteroatoms. The number of ether oxygens (including phenoxy) is 2. The van der Waals surface area contributed by atoms with Crippen molar-refractivity contribution >= 4 is 29.1 Å². The molecule has 0 spiro atoms. The number of carbonyl (C=O) groups is 1. The topological polar surface area (TPSA) is 68.7 Å². The van der Waals surface area contributed by atoms with Crippen LogP contribution in [0.25, 0.3) is 0 Å². The molecular formula is C10H15NO4S2. The molecule has 17 heavy (non-hydrogen) atoms. The van der Waals surface area contributed by atoms with E-state index in [1.165, 1.54) is 23.1 Å². The van der Waals surface area contributed by atoms with Gasteiger partial charge in [0.2, 0.25) is 0 Å². The zero-order valence-corrected chi connectivity index (χ0v) is 11.4. The number of hydrogen-bond donors (Lipinski definition) is 1. The van der Waals surface area contributed by atoms with Crippen molar-refractivity contribution in [1.82, 2.24) is 4.98 Å². The highest BCUT2D eigenvalue weighted by atomic mass is 32.2. The normalized spacial score (nSPS) is 10.7. The lowest BCUT2D eigenvalue weighted by atomic mass is 10.4. The molecule has 1 aromatic heterocycles. The number of carboxylic acids is 1. The first kappa shape index (κ1) is 14.4. The smallest absolute Gasteiger partial charge is 0.347 e. The van der Waals surface area contributed by atoms with Crippen LogP contribution in [0.2, 0.25) is 0 Å². The van der Waals surface area contributed by atoms with E-state index >= 15 is 0 Å². The van der Waals surface area contributed by atoms with E-state index in [0.29, 0.717) is 30.4 Å². The first-order chi connectivity index (χ1) is 8.15. The van der Waals surface area contributed by atoms with Crippen LogP contribution in [0.4, 0.5) is 0 Å². The van der Waals surface area contributed by atoms with E-state index in [4.69, 9.17) is 14.6 Å². The average Bonchev–Trinajstić information content (AvgIpc) is 2.65. The third-order valence-corrected chi connectivity index (χ3v) is 4.11. The first-order valence-corrected chi connectivity index (χ1v) is 6.85. The highest BCUT2D eigenvalue weighted by molar-refractivity contribution is 8.01. The van der Waals surface area contributed by atoms with Gasteiger partial charge in [-0.15, -0.1) is 11.3 Å². The summed E-state index contributed by atoms with van der Waals surface area (Å²) in [5.41, 5.74) is 0.574. The Labute approximate surface area is 108 Å². The number of nitrogens with zero attached hydrogens (tertiary/aromatic N) is 1. The van der Waals surface area contributed by atoms with Crippen LogP contribution < -0.4 is 0 Å². The maximum absolute atomic E-state index is 10.8. The maximum atomic E-state index is 10.8. The van der Waals surface area contributed by atoms with Gasteiger partial charge in [0.1, 0.15) is 4.88 Å². The molecule has 1 heterocycles. The molecule has 0 aromatic carbocycles. The number of aromatic nitrogens is 1. The van der Waals surface area contributed by atoms with E-state index in [2.05, 4.69) is 4.98 Å². The van der Waals surface area contributed by atoms with Crippen molar-refractivity contribution < 1.29 is 19.4 Å². The minimum absolute atomic E-state index is 0.313. The third-order valence-electron chi connectivity index (χ3n) is 1.86. The average molecular weight is 277 g/mol. The van der Waals surface area contributed by atoms with Gasteiger partial charge in [-0.05, 0) is 6.92 Å². The molecule has 0 unspecified atom stereocenters. The molecule has 1 rings (SSSR count). The molecule has 0 aliphatic heterocycles. The number of methoxy groups -OCH3 is 1. The SMILES string of the molecule is COCCOCCSc1nc(C)c(C(=O)O)s1. The van der Waals surface area contributed by atoms with Crippen molar-refractivity contribution in [3.63, 3.8) is 0 Å². The van der Waals surface area contributed by atoms with Gasteiger partial charge in [0.05, 0.1) is 25.5 Å². The third kappa shape index (κ3) is 5.03. The van der Waals surface area contributed by atoms with Crippen LogP contribution in [0.15, 0.2) is 4.34 Å². The van der Waals surface area contributed by atoms with Gasteiger partial charge in [-0.3, -0.25) is 0 Å². The Bertz CT molecular complexity index is 367. The van der Waals surface area contributed by atoms with E-state index in [1.54, 1.807) is 14.0 Å². The van der Waals surface area contributed by atoms with Crippen LogP contribution in [0.3, 0.4) is 0 Å². The monoisotopic (exact) mass is 277 g/mol. The van der Waals surface area contributed by atoms with Crippen LogP contribution in [-0.2, 0) is 9.47 Å². The van der Waals surface area contributed by atoms with E-state index in [-0.39, 0.29) is 0 Å². The number of thioether (sulfide) groups is 1. The molecule has 0 amide bonds. The molecule has 1 N–H and O–H groups in total. The fourth-order valence-corrected chi connectivity index (χ4v) is 3.01. The Morgan fingerprint density at radius 2 is 2.24 bits per heavy atom. The Balaban J connectivity index is 2.27. The van der Waals surface area contributed by atoms with Crippen molar-refractivity contribution in [2.45, 2.75) is 11.3 Å². The minimum Gasteiger partial charge on any atom is -0.477 e. The van der Waals surface area contributed by atoms with Crippen molar-refractivity contribution in [1.29, 1.82) is 0 Å². The summed E-state index contributed by atoms with van der Waals surface area (Å²) in [7, 11) is 1.63. The first-order valence-electron chi connectivity index (χ1n) is 5.05. The molecule has 0 atom stereocenters. The second kappa shape index (κ2) is 7.65. The zero-order valence-electron chi connectivity index (χ0n) is 9.76. The number of aryl methyl sites for hydroxylation is 1. The van der Waals surface area contributed by atoms with Gasteiger partial charge in [-0.2, -0.15) is 0 Å². The zero-order chi connectivity index (χ0) is 12.7. The molecule has 5 nitrogen and oxygen atoms in total. The Kier molecular flexibility index (Phi) is 6.49. The van der Waals surface area contributed by atoms with Gasteiger partial charge in [-0.25, -0.2) is 9.78 Å². The van der Waals surface area contributed by atoms with Crippen molar-refractivity contribution in [2.75, 3.05) is 32.7 Å². The van der Waals surface area contributed by atoms with Crippen LogP contribution in [0.1, 0.15) is 15.4 Å².